The number of nitrogens with zero attached hydrogens (tertiary/aromatic N) is 1. The Balaban J connectivity index is 1.93. The third-order valence-corrected chi connectivity index (χ3v) is 2.67. The molecule has 1 aromatic carbocycles. The third kappa shape index (κ3) is 3.71. The number of ether oxygens (including phenoxy) is 2. The van der Waals surface area contributed by atoms with Crippen molar-refractivity contribution < 1.29 is 14.3 Å². The second-order valence-electron chi connectivity index (χ2n) is 4.17. The van der Waals surface area contributed by atoms with Crippen molar-refractivity contribution in [1.29, 1.82) is 0 Å². The van der Waals surface area contributed by atoms with E-state index in [0.717, 1.165) is 5.75 Å². The molecule has 2 aromatic rings. The predicted molar refractivity (Wildman–Crippen MR) is 76.0 cm³/mol. The highest BCUT2D eigenvalue weighted by Gasteiger charge is 2.14. The van der Waals surface area contributed by atoms with Crippen LogP contribution in [0.3, 0.4) is 0 Å². The first-order valence-electron chi connectivity index (χ1n) is 6.20. The third-order valence-electron chi connectivity index (χ3n) is 2.67. The summed E-state index contributed by atoms with van der Waals surface area (Å²) in [6.07, 6.45) is 2.62. The minimum Gasteiger partial charge on any atom is -0.497 e. The highest BCUT2D eigenvalue weighted by molar-refractivity contribution is 5.93. The second-order valence-corrected chi connectivity index (χ2v) is 4.17. The number of amides is 1. The van der Waals surface area contributed by atoms with Gasteiger partial charge in [-0.2, -0.15) is 0 Å². The lowest BCUT2D eigenvalue weighted by Gasteiger charge is -2.14. The normalized spacial score (nSPS) is 11.5. The van der Waals surface area contributed by atoms with Crippen molar-refractivity contribution in [2.24, 2.45) is 0 Å². The fourth-order valence-corrected chi connectivity index (χ4v) is 1.59. The van der Waals surface area contributed by atoms with Gasteiger partial charge in [0.2, 0.25) is 0 Å². The van der Waals surface area contributed by atoms with Crippen LogP contribution >= 0.6 is 0 Å². The lowest BCUT2D eigenvalue weighted by Crippen LogP contribution is -2.30. The molecule has 0 aliphatic carbocycles. The van der Waals surface area contributed by atoms with Crippen molar-refractivity contribution in [3.05, 3.63) is 48.8 Å². The van der Waals surface area contributed by atoms with Crippen LogP contribution in [0.1, 0.15) is 6.92 Å². The van der Waals surface area contributed by atoms with E-state index in [1.807, 2.05) is 0 Å². The molecular weight excluding hydrogens is 256 g/mol. The summed E-state index contributed by atoms with van der Waals surface area (Å²) in [5.41, 5.74) is 0.641. The van der Waals surface area contributed by atoms with Crippen molar-refractivity contribution in [2.45, 2.75) is 13.0 Å². The minimum atomic E-state index is -0.608. The number of hydrogen-bond acceptors (Lipinski definition) is 4. The standard InChI is InChI=1S/C15H16N2O3/c1-11(15(18)17-12-4-3-9-16-10-12)20-14-7-5-13(19-2)6-8-14/h3-11H,1-2H3,(H,17,18)/t11-/m1/s1. The monoisotopic (exact) mass is 272 g/mol. The number of pyridine rings is 1. The van der Waals surface area contributed by atoms with Crippen LogP contribution in [0.2, 0.25) is 0 Å². The van der Waals surface area contributed by atoms with Crippen molar-refractivity contribution in [3.63, 3.8) is 0 Å². The Morgan fingerprint density at radius 3 is 2.50 bits per heavy atom. The summed E-state index contributed by atoms with van der Waals surface area (Å²) in [6.45, 7) is 1.69. The summed E-state index contributed by atoms with van der Waals surface area (Å²) < 4.78 is 10.6. The van der Waals surface area contributed by atoms with Crippen LogP contribution in [0.5, 0.6) is 11.5 Å². The number of anilines is 1. The van der Waals surface area contributed by atoms with Crippen LogP contribution in [-0.4, -0.2) is 24.1 Å². The van der Waals surface area contributed by atoms with Crippen LogP contribution in [0.4, 0.5) is 5.69 Å². The van der Waals surface area contributed by atoms with E-state index in [1.54, 1.807) is 62.8 Å². The average Bonchev–Trinajstić information content (AvgIpc) is 2.49. The van der Waals surface area contributed by atoms with Gasteiger partial charge in [0.1, 0.15) is 11.5 Å². The molecule has 1 aromatic heterocycles. The number of hydrogen-bond donors (Lipinski definition) is 1. The van der Waals surface area contributed by atoms with E-state index in [4.69, 9.17) is 9.47 Å². The molecule has 1 heterocycles. The summed E-state index contributed by atoms with van der Waals surface area (Å²) in [5, 5.41) is 2.73. The molecule has 1 amide bonds. The molecule has 0 spiro atoms. The Bertz CT molecular complexity index is 555. The average molecular weight is 272 g/mol. The minimum absolute atomic E-state index is 0.228. The molecule has 0 fully saturated rings. The molecular formula is C15H16N2O3. The summed E-state index contributed by atoms with van der Waals surface area (Å²) in [4.78, 5) is 15.9. The molecule has 0 radical (unpaired) electrons. The van der Waals surface area contributed by atoms with E-state index >= 15 is 0 Å². The van der Waals surface area contributed by atoms with Crippen LogP contribution in [-0.2, 0) is 4.79 Å². The maximum atomic E-state index is 12.0. The number of benzene rings is 1. The number of methoxy groups -OCH3 is 1. The number of rotatable bonds is 5. The number of nitrogens with one attached hydrogen (secondary N) is 1. The molecule has 0 saturated heterocycles. The van der Waals surface area contributed by atoms with Crippen LogP contribution < -0.4 is 14.8 Å². The first kappa shape index (κ1) is 13.9. The molecule has 0 saturated carbocycles. The Morgan fingerprint density at radius 2 is 1.90 bits per heavy atom. The SMILES string of the molecule is COc1ccc(O[C@H](C)C(=O)Nc2cccnc2)cc1. The van der Waals surface area contributed by atoms with E-state index in [-0.39, 0.29) is 5.91 Å². The quantitative estimate of drug-likeness (QED) is 0.908. The Kier molecular flexibility index (Phi) is 4.55. The molecule has 0 bridgehead atoms. The van der Waals surface area contributed by atoms with E-state index in [9.17, 15) is 4.79 Å². The fourth-order valence-electron chi connectivity index (χ4n) is 1.59. The van der Waals surface area contributed by atoms with Crippen molar-refractivity contribution >= 4 is 11.6 Å². The zero-order chi connectivity index (χ0) is 14.4. The van der Waals surface area contributed by atoms with Crippen molar-refractivity contribution in [1.82, 2.24) is 4.98 Å². The number of aromatic nitrogens is 1. The highest BCUT2D eigenvalue weighted by Crippen LogP contribution is 2.18. The lowest BCUT2D eigenvalue weighted by molar-refractivity contribution is -0.122. The van der Waals surface area contributed by atoms with Gasteiger partial charge < -0.3 is 14.8 Å². The van der Waals surface area contributed by atoms with E-state index in [1.165, 1.54) is 0 Å². The van der Waals surface area contributed by atoms with Gasteiger partial charge in [-0.25, -0.2) is 0 Å². The summed E-state index contributed by atoms with van der Waals surface area (Å²) in [6, 6.07) is 10.6. The van der Waals surface area contributed by atoms with Gasteiger partial charge in [0.25, 0.3) is 5.91 Å². The molecule has 0 aliphatic heterocycles. The molecule has 104 valence electrons. The van der Waals surface area contributed by atoms with Crippen LogP contribution in [0, 0.1) is 0 Å². The first-order chi connectivity index (χ1) is 9.69. The summed E-state index contributed by atoms with van der Waals surface area (Å²) in [7, 11) is 1.60. The summed E-state index contributed by atoms with van der Waals surface area (Å²) >= 11 is 0. The fraction of sp³-hybridized carbons (Fsp3) is 0.200. The van der Waals surface area contributed by atoms with Gasteiger partial charge in [-0.1, -0.05) is 0 Å². The maximum absolute atomic E-state index is 12.0. The largest absolute Gasteiger partial charge is 0.497 e. The van der Waals surface area contributed by atoms with Gasteiger partial charge in [0.05, 0.1) is 19.0 Å². The molecule has 1 atom stereocenters. The molecule has 2 rings (SSSR count). The zero-order valence-corrected chi connectivity index (χ0v) is 11.4. The van der Waals surface area contributed by atoms with Crippen molar-refractivity contribution in [2.75, 3.05) is 12.4 Å². The Morgan fingerprint density at radius 1 is 1.20 bits per heavy atom. The van der Waals surface area contributed by atoms with Gasteiger partial charge in [0, 0.05) is 6.20 Å². The van der Waals surface area contributed by atoms with E-state index in [2.05, 4.69) is 10.3 Å². The zero-order valence-electron chi connectivity index (χ0n) is 11.4. The maximum Gasteiger partial charge on any atom is 0.265 e. The second kappa shape index (κ2) is 6.56. The smallest absolute Gasteiger partial charge is 0.265 e. The molecule has 5 nitrogen and oxygen atoms in total. The van der Waals surface area contributed by atoms with Gasteiger partial charge in [0.15, 0.2) is 6.10 Å². The Hall–Kier alpha value is -2.56. The molecule has 20 heavy (non-hydrogen) atoms. The molecule has 5 heteroatoms. The molecule has 0 aliphatic rings. The predicted octanol–water partition coefficient (Wildman–Crippen LogP) is 2.50. The van der Waals surface area contributed by atoms with Crippen LogP contribution in [0.25, 0.3) is 0 Å². The van der Waals surface area contributed by atoms with E-state index < -0.39 is 6.10 Å². The van der Waals surface area contributed by atoms with E-state index in [0.29, 0.717) is 11.4 Å². The first-order valence-corrected chi connectivity index (χ1v) is 6.20. The lowest BCUT2D eigenvalue weighted by atomic mass is 10.3. The van der Waals surface area contributed by atoms with Gasteiger partial charge >= 0.3 is 0 Å². The molecule has 0 unspecified atom stereocenters. The van der Waals surface area contributed by atoms with Crippen LogP contribution in [0.15, 0.2) is 48.8 Å². The number of carbonyl (C=O) groups excluding carboxylic acids is 1. The van der Waals surface area contributed by atoms with Gasteiger partial charge in [-0.15, -0.1) is 0 Å². The number of carbonyl (C=O) groups is 1. The topological polar surface area (TPSA) is 60.5 Å². The van der Waals surface area contributed by atoms with Crippen molar-refractivity contribution in [3.8, 4) is 11.5 Å². The summed E-state index contributed by atoms with van der Waals surface area (Å²) in [5.74, 6) is 1.12. The van der Waals surface area contributed by atoms with Gasteiger partial charge in [-0.05, 0) is 43.3 Å². The highest BCUT2D eigenvalue weighted by atomic mass is 16.5. The Labute approximate surface area is 117 Å². The molecule has 1 N–H and O–H groups in total. The van der Waals surface area contributed by atoms with Gasteiger partial charge in [-0.3, -0.25) is 9.78 Å².